The fourth-order valence-electron chi connectivity index (χ4n) is 3.20. The van der Waals surface area contributed by atoms with Gasteiger partial charge in [-0.25, -0.2) is 0 Å². The maximum absolute atomic E-state index is 11.9. The number of nitrogens with zero attached hydrogens (tertiary/aromatic N) is 1. The molecule has 118 valence electrons. The molecule has 2 N–H and O–H groups in total. The number of nitrogens with one attached hydrogen (secondary N) is 1. The van der Waals surface area contributed by atoms with Crippen LogP contribution in [0.2, 0.25) is 0 Å². The zero-order valence-electron chi connectivity index (χ0n) is 13.0. The molecule has 1 saturated carbocycles. The summed E-state index contributed by atoms with van der Waals surface area (Å²) >= 11 is 0. The summed E-state index contributed by atoms with van der Waals surface area (Å²) in [6, 6.07) is 9.07. The molecule has 1 fully saturated rings. The van der Waals surface area contributed by atoms with Crippen LogP contribution in [-0.2, 0) is 0 Å². The first kappa shape index (κ1) is 16.4. The van der Waals surface area contributed by atoms with Crippen molar-refractivity contribution in [2.75, 3.05) is 6.54 Å². The zero-order valence-corrected chi connectivity index (χ0v) is 13.0. The van der Waals surface area contributed by atoms with Gasteiger partial charge in [0.15, 0.2) is 0 Å². The molecule has 1 amide bonds. The van der Waals surface area contributed by atoms with E-state index < -0.39 is 0 Å². The molecule has 1 aromatic rings. The molecule has 1 aliphatic carbocycles. The predicted octanol–water partition coefficient (Wildman–Crippen LogP) is 3.77. The number of benzene rings is 1. The Hall–Kier alpha value is -2.02. The van der Waals surface area contributed by atoms with Crippen LogP contribution in [0.5, 0.6) is 5.75 Å². The smallest absolute Gasteiger partial charge is 0.255 e. The minimum Gasteiger partial charge on any atom is -0.507 e. The van der Waals surface area contributed by atoms with Crippen LogP contribution < -0.4 is 5.32 Å². The second-order valence-corrected chi connectivity index (χ2v) is 6.18. The van der Waals surface area contributed by atoms with Gasteiger partial charge in [0.05, 0.1) is 17.0 Å². The van der Waals surface area contributed by atoms with Crippen LogP contribution in [0.3, 0.4) is 0 Å². The van der Waals surface area contributed by atoms with Gasteiger partial charge >= 0.3 is 0 Å². The average molecular weight is 300 g/mol. The van der Waals surface area contributed by atoms with Crippen molar-refractivity contribution in [3.05, 3.63) is 29.8 Å². The lowest BCUT2D eigenvalue weighted by molar-refractivity contribution is 0.0950. The second-order valence-electron chi connectivity index (χ2n) is 6.18. The van der Waals surface area contributed by atoms with Crippen molar-refractivity contribution in [1.82, 2.24) is 5.32 Å². The van der Waals surface area contributed by atoms with Crippen molar-refractivity contribution in [3.63, 3.8) is 0 Å². The summed E-state index contributed by atoms with van der Waals surface area (Å²) in [5.74, 6) is -0.223. The Morgan fingerprint density at radius 2 is 1.95 bits per heavy atom. The van der Waals surface area contributed by atoms with E-state index in [0.717, 1.165) is 38.5 Å². The lowest BCUT2D eigenvalue weighted by Gasteiger charge is -2.19. The summed E-state index contributed by atoms with van der Waals surface area (Å²) in [5.41, 5.74) is 0.246. The molecule has 0 heterocycles. The van der Waals surface area contributed by atoms with E-state index >= 15 is 0 Å². The fraction of sp³-hybridized carbons (Fsp3) is 0.556. The van der Waals surface area contributed by atoms with E-state index in [0.29, 0.717) is 12.1 Å². The van der Waals surface area contributed by atoms with Crippen LogP contribution >= 0.6 is 0 Å². The third-order valence-corrected chi connectivity index (χ3v) is 4.56. The number of carbonyl (C=O) groups excluding carboxylic acids is 1. The quantitative estimate of drug-likeness (QED) is 0.753. The van der Waals surface area contributed by atoms with Gasteiger partial charge in [-0.15, -0.1) is 0 Å². The number of amides is 1. The highest BCUT2D eigenvalue weighted by molar-refractivity contribution is 5.96. The molecule has 0 saturated heterocycles. The number of phenols is 1. The zero-order chi connectivity index (χ0) is 15.8. The maximum Gasteiger partial charge on any atom is 0.255 e. The van der Waals surface area contributed by atoms with Gasteiger partial charge in [-0.3, -0.25) is 4.79 Å². The molecule has 1 aliphatic rings. The molecule has 4 nitrogen and oxygen atoms in total. The molecule has 4 heteroatoms. The van der Waals surface area contributed by atoms with Gasteiger partial charge in [0.2, 0.25) is 0 Å². The number of hydrogen-bond donors (Lipinski definition) is 2. The first-order valence-corrected chi connectivity index (χ1v) is 8.14. The molecule has 0 spiro atoms. The number of hydrogen-bond acceptors (Lipinski definition) is 3. The van der Waals surface area contributed by atoms with Gasteiger partial charge in [-0.2, -0.15) is 5.26 Å². The SMILES string of the molecule is N#CC1(CCCCCNC(=O)c2ccccc2O)CCCC1. The number of aromatic hydroxyl groups is 1. The highest BCUT2D eigenvalue weighted by Crippen LogP contribution is 2.41. The summed E-state index contributed by atoms with van der Waals surface area (Å²) in [7, 11) is 0. The summed E-state index contributed by atoms with van der Waals surface area (Å²) in [4.78, 5) is 11.9. The number of unbranched alkanes of at least 4 members (excludes halogenated alkanes) is 2. The number of carbonyl (C=O) groups is 1. The monoisotopic (exact) mass is 300 g/mol. The summed E-state index contributed by atoms with van der Waals surface area (Å²) < 4.78 is 0. The molecule has 0 atom stereocenters. The molecule has 0 aromatic heterocycles. The van der Waals surface area contributed by atoms with Gasteiger partial charge in [0, 0.05) is 6.54 Å². The van der Waals surface area contributed by atoms with Gasteiger partial charge in [-0.05, 0) is 37.8 Å². The van der Waals surface area contributed by atoms with E-state index in [1.54, 1.807) is 18.2 Å². The molecular weight excluding hydrogens is 276 g/mol. The molecule has 0 radical (unpaired) electrons. The Morgan fingerprint density at radius 3 is 2.64 bits per heavy atom. The van der Waals surface area contributed by atoms with Crippen molar-refractivity contribution < 1.29 is 9.90 Å². The van der Waals surface area contributed by atoms with Crippen molar-refractivity contribution in [2.45, 2.75) is 51.4 Å². The third-order valence-electron chi connectivity index (χ3n) is 4.56. The standard InChI is InChI=1S/C18H24N2O2/c19-14-18(11-5-6-12-18)10-4-1-7-13-20-17(22)15-8-2-3-9-16(15)21/h2-3,8-9,21H,1,4-7,10-13H2,(H,20,22). The molecule has 0 unspecified atom stereocenters. The number of phenolic OH excluding ortho intramolecular Hbond substituents is 1. The number of rotatable bonds is 7. The first-order chi connectivity index (χ1) is 10.7. The normalized spacial score (nSPS) is 16.1. The lowest BCUT2D eigenvalue weighted by Crippen LogP contribution is -2.24. The van der Waals surface area contributed by atoms with Crippen LogP contribution in [0.25, 0.3) is 0 Å². The molecule has 0 aliphatic heterocycles. The van der Waals surface area contributed by atoms with E-state index in [-0.39, 0.29) is 17.1 Å². The largest absolute Gasteiger partial charge is 0.507 e. The Labute approximate surface area is 132 Å². The van der Waals surface area contributed by atoms with Crippen LogP contribution in [0.4, 0.5) is 0 Å². The minimum absolute atomic E-state index is 0.0113. The second kappa shape index (κ2) is 7.84. The van der Waals surface area contributed by atoms with Crippen molar-refractivity contribution in [2.24, 2.45) is 5.41 Å². The van der Waals surface area contributed by atoms with Crippen LogP contribution in [-0.4, -0.2) is 17.6 Å². The Bertz CT molecular complexity index is 542. The van der Waals surface area contributed by atoms with Gasteiger partial charge in [0.1, 0.15) is 5.75 Å². The highest BCUT2D eigenvalue weighted by Gasteiger charge is 2.32. The third kappa shape index (κ3) is 4.24. The Morgan fingerprint density at radius 1 is 1.23 bits per heavy atom. The lowest BCUT2D eigenvalue weighted by atomic mass is 9.82. The number of nitriles is 1. The average Bonchev–Trinajstić information content (AvgIpc) is 3.00. The van der Waals surface area contributed by atoms with Crippen molar-refractivity contribution in [3.8, 4) is 11.8 Å². The predicted molar refractivity (Wildman–Crippen MR) is 85.4 cm³/mol. The van der Waals surface area contributed by atoms with Crippen LogP contribution in [0.1, 0.15) is 61.7 Å². The van der Waals surface area contributed by atoms with Gasteiger partial charge < -0.3 is 10.4 Å². The van der Waals surface area contributed by atoms with Crippen LogP contribution in [0, 0.1) is 16.7 Å². The van der Waals surface area contributed by atoms with E-state index in [1.807, 2.05) is 0 Å². The summed E-state index contributed by atoms with van der Waals surface area (Å²) in [5, 5.41) is 21.7. The summed E-state index contributed by atoms with van der Waals surface area (Å²) in [6.45, 7) is 0.604. The van der Waals surface area contributed by atoms with E-state index in [4.69, 9.17) is 0 Å². The highest BCUT2D eigenvalue weighted by atomic mass is 16.3. The summed E-state index contributed by atoms with van der Waals surface area (Å²) in [6.07, 6.45) is 8.41. The minimum atomic E-state index is -0.234. The fourth-order valence-corrected chi connectivity index (χ4v) is 3.20. The first-order valence-electron chi connectivity index (χ1n) is 8.14. The van der Waals surface area contributed by atoms with E-state index in [9.17, 15) is 15.2 Å². The Balaban J connectivity index is 1.63. The van der Waals surface area contributed by atoms with E-state index in [2.05, 4.69) is 11.4 Å². The topological polar surface area (TPSA) is 73.1 Å². The van der Waals surface area contributed by atoms with Crippen molar-refractivity contribution >= 4 is 5.91 Å². The maximum atomic E-state index is 11.9. The molecular formula is C18H24N2O2. The molecule has 1 aromatic carbocycles. The Kier molecular flexibility index (Phi) is 5.83. The van der Waals surface area contributed by atoms with Gasteiger partial charge in [-0.1, -0.05) is 37.8 Å². The van der Waals surface area contributed by atoms with Crippen LogP contribution in [0.15, 0.2) is 24.3 Å². The van der Waals surface area contributed by atoms with E-state index in [1.165, 1.54) is 18.9 Å². The number of para-hydroxylation sites is 1. The van der Waals surface area contributed by atoms with Gasteiger partial charge in [0.25, 0.3) is 5.91 Å². The molecule has 0 bridgehead atoms. The molecule has 22 heavy (non-hydrogen) atoms. The van der Waals surface area contributed by atoms with Crippen molar-refractivity contribution in [1.29, 1.82) is 5.26 Å². The molecule has 2 rings (SSSR count).